The lowest BCUT2D eigenvalue weighted by Gasteiger charge is -2.11. The average molecular weight is 435 g/mol. The van der Waals surface area contributed by atoms with Crippen molar-refractivity contribution in [3.8, 4) is 11.5 Å². The fourth-order valence-electron chi connectivity index (χ4n) is 2.44. The zero-order valence-electron chi connectivity index (χ0n) is 15.6. The molecule has 3 aromatic carbocycles. The summed E-state index contributed by atoms with van der Waals surface area (Å²) in [6.45, 7) is 1.86. The number of aryl methyl sites for hydroxylation is 1. The van der Waals surface area contributed by atoms with Gasteiger partial charge < -0.3 is 4.74 Å². The molecule has 0 heterocycles. The Labute approximate surface area is 168 Å². The van der Waals surface area contributed by atoms with Crippen LogP contribution >= 0.6 is 0 Å². The van der Waals surface area contributed by atoms with E-state index in [-0.39, 0.29) is 21.3 Å². The van der Waals surface area contributed by atoms with E-state index in [2.05, 4.69) is 4.72 Å². The summed E-state index contributed by atoms with van der Waals surface area (Å²) >= 11 is 0. The second-order valence-corrected chi connectivity index (χ2v) is 10.1. The normalized spacial score (nSPS) is 11.8. The van der Waals surface area contributed by atoms with Gasteiger partial charge in [0.2, 0.25) is 0 Å². The number of rotatable bonds is 6. The zero-order valence-corrected chi connectivity index (χ0v) is 17.2. The molecule has 3 aromatic rings. The summed E-state index contributed by atoms with van der Waals surface area (Å²) < 4.78 is 69.7. The van der Waals surface area contributed by atoms with Gasteiger partial charge in [0.15, 0.2) is 21.4 Å². The van der Waals surface area contributed by atoms with Gasteiger partial charge in [-0.15, -0.1) is 0 Å². The van der Waals surface area contributed by atoms with E-state index in [0.717, 1.165) is 17.9 Å². The van der Waals surface area contributed by atoms with Crippen molar-refractivity contribution >= 4 is 25.5 Å². The van der Waals surface area contributed by atoms with E-state index in [1.165, 1.54) is 48.5 Å². The van der Waals surface area contributed by atoms with Crippen LogP contribution in [0.5, 0.6) is 11.5 Å². The van der Waals surface area contributed by atoms with Crippen LogP contribution in [-0.4, -0.2) is 23.1 Å². The summed E-state index contributed by atoms with van der Waals surface area (Å²) in [5.41, 5.74) is 1.26. The quantitative estimate of drug-likeness (QED) is 0.629. The van der Waals surface area contributed by atoms with Gasteiger partial charge in [0.1, 0.15) is 5.75 Å². The molecule has 0 fully saturated rings. The van der Waals surface area contributed by atoms with Gasteiger partial charge in [0, 0.05) is 11.9 Å². The minimum absolute atomic E-state index is 0.136. The third-order valence-electron chi connectivity index (χ3n) is 4.00. The lowest BCUT2D eigenvalue weighted by atomic mass is 10.2. The van der Waals surface area contributed by atoms with Crippen molar-refractivity contribution in [2.75, 3.05) is 11.0 Å². The molecule has 0 aromatic heterocycles. The Hall–Kier alpha value is -2.91. The van der Waals surface area contributed by atoms with E-state index in [4.69, 9.17) is 4.74 Å². The van der Waals surface area contributed by atoms with Crippen LogP contribution in [0, 0.1) is 12.7 Å². The molecule has 0 radical (unpaired) electrons. The van der Waals surface area contributed by atoms with Crippen molar-refractivity contribution in [2.45, 2.75) is 16.7 Å². The Kier molecular flexibility index (Phi) is 5.63. The minimum Gasteiger partial charge on any atom is -0.454 e. The second-order valence-electron chi connectivity index (χ2n) is 6.41. The van der Waals surface area contributed by atoms with Crippen LogP contribution in [-0.2, 0) is 19.9 Å². The minimum atomic E-state index is -3.74. The number of sulfonamides is 1. The molecule has 1 N–H and O–H groups in total. The highest BCUT2D eigenvalue weighted by atomic mass is 32.2. The van der Waals surface area contributed by atoms with Crippen molar-refractivity contribution in [3.63, 3.8) is 0 Å². The molecule has 0 aliphatic carbocycles. The number of hydrogen-bond acceptors (Lipinski definition) is 5. The summed E-state index contributed by atoms with van der Waals surface area (Å²) in [5, 5.41) is 0. The molecule has 29 heavy (non-hydrogen) atoms. The standard InChI is InChI=1S/C20H18FNO5S2/c1-14-3-9-17(10-4-14)29(25,26)22-15-5-7-16(8-6-15)27-20-12-11-18(13-19(20)21)28(2,23)24/h3-13,22H,1-2H3. The molecule has 3 rings (SSSR count). The number of ether oxygens (including phenoxy) is 1. The molecule has 0 saturated heterocycles. The first-order valence-electron chi connectivity index (χ1n) is 8.42. The number of sulfone groups is 1. The van der Waals surface area contributed by atoms with Gasteiger partial charge >= 0.3 is 0 Å². The van der Waals surface area contributed by atoms with Crippen LogP contribution in [0.25, 0.3) is 0 Å². The van der Waals surface area contributed by atoms with Crippen molar-refractivity contribution in [1.82, 2.24) is 0 Å². The molecule has 9 heteroatoms. The van der Waals surface area contributed by atoms with E-state index < -0.39 is 25.7 Å². The van der Waals surface area contributed by atoms with Crippen LogP contribution < -0.4 is 9.46 Å². The fourth-order valence-corrected chi connectivity index (χ4v) is 4.14. The van der Waals surface area contributed by atoms with E-state index in [0.29, 0.717) is 5.69 Å². The first-order chi connectivity index (χ1) is 13.5. The van der Waals surface area contributed by atoms with Crippen LogP contribution in [0.1, 0.15) is 5.56 Å². The Morgan fingerprint density at radius 2 is 1.41 bits per heavy atom. The van der Waals surface area contributed by atoms with Crippen LogP contribution in [0.2, 0.25) is 0 Å². The number of anilines is 1. The molecular formula is C20H18FNO5S2. The molecule has 6 nitrogen and oxygen atoms in total. The summed E-state index contributed by atoms with van der Waals surface area (Å²) in [5.74, 6) is -0.711. The number of nitrogens with one attached hydrogen (secondary N) is 1. The fraction of sp³-hybridized carbons (Fsp3) is 0.100. The van der Waals surface area contributed by atoms with Gasteiger partial charge in [-0.25, -0.2) is 21.2 Å². The first kappa shape index (κ1) is 20.8. The smallest absolute Gasteiger partial charge is 0.261 e. The van der Waals surface area contributed by atoms with Gasteiger partial charge in [-0.2, -0.15) is 0 Å². The second kappa shape index (κ2) is 7.84. The highest BCUT2D eigenvalue weighted by Gasteiger charge is 2.15. The summed E-state index contributed by atoms with van der Waals surface area (Å²) in [4.78, 5) is -0.0142. The van der Waals surface area contributed by atoms with E-state index >= 15 is 0 Å². The third kappa shape index (κ3) is 5.12. The monoisotopic (exact) mass is 435 g/mol. The highest BCUT2D eigenvalue weighted by Crippen LogP contribution is 2.28. The molecule has 0 bridgehead atoms. The van der Waals surface area contributed by atoms with Gasteiger partial charge in [0.25, 0.3) is 10.0 Å². The molecule has 0 spiro atoms. The molecule has 0 amide bonds. The third-order valence-corrected chi connectivity index (χ3v) is 6.50. The van der Waals surface area contributed by atoms with Gasteiger partial charge in [-0.05, 0) is 61.5 Å². The summed E-state index contributed by atoms with van der Waals surface area (Å²) in [7, 11) is -7.26. The van der Waals surface area contributed by atoms with Gasteiger partial charge in [0.05, 0.1) is 9.79 Å². The maximum atomic E-state index is 14.1. The van der Waals surface area contributed by atoms with Gasteiger partial charge in [-0.3, -0.25) is 4.72 Å². The number of hydrogen-bond donors (Lipinski definition) is 1. The Morgan fingerprint density at radius 1 is 0.828 bits per heavy atom. The van der Waals surface area contributed by atoms with Crippen molar-refractivity contribution in [2.24, 2.45) is 0 Å². The number of benzene rings is 3. The van der Waals surface area contributed by atoms with Crippen molar-refractivity contribution in [1.29, 1.82) is 0 Å². The van der Waals surface area contributed by atoms with E-state index in [1.54, 1.807) is 12.1 Å². The predicted molar refractivity (Wildman–Crippen MR) is 108 cm³/mol. The average Bonchev–Trinajstić information content (AvgIpc) is 2.64. The van der Waals surface area contributed by atoms with Crippen molar-refractivity contribution in [3.05, 3.63) is 78.1 Å². The predicted octanol–water partition coefficient (Wildman–Crippen LogP) is 4.13. The van der Waals surface area contributed by atoms with E-state index in [1.807, 2.05) is 6.92 Å². The maximum Gasteiger partial charge on any atom is 0.261 e. The lowest BCUT2D eigenvalue weighted by Crippen LogP contribution is -2.12. The Bertz CT molecular complexity index is 1240. The zero-order chi connectivity index (χ0) is 21.2. The molecular weight excluding hydrogens is 417 g/mol. The molecule has 0 atom stereocenters. The van der Waals surface area contributed by atoms with Gasteiger partial charge in [-0.1, -0.05) is 17.7 Å². The maximum absolute atomic E-state index is 14.1. The largest absolute Gasteiger partial charge is 0.454 e. The summed E-state index contributed by atoms with van der Waals surface area (Å²) in [6, 6.07) is 15.7. The number of halogens is 1. The molecule has 0 unspecified atom stereocenters. The van der Waals surface area contributed by atoms with Crippen molar-refractivity contribution < 1.29 is 26.0 Å². The SMILES string of the molecule is Cc1ccc(S(=O)(=O)Nc2ccc(Oc3ccc(S(C)(=O)=O)cc3F)cc2)cc1. The highest BCUT2D eigenvalue weighted by molar-refractivity contribution is 7.92. The summed E-state index contributed by atoms with van der Waals surface area (Å²) in [6.07, 6.45) is 0.985. The molecule has 152 valence electrons. The van der Waals surface area contributed by atoms with Crippen LogP contribution in [0.3, 0.4) is 0 Å². The lowest BCUT2D eigenvalue weighted by molar-refractivity contribution is 0.441. The topological polar surface area (TPSA) is 89.5 Å². The molecule has 0 aliphatic heterocycles. The molecule has 0 saturated carbocycles. The first-order valence-corrected chi connectivity index (χ1v) is 11.8. The Morgan fingerprint density at radius 3 is 1.97 bits per heavy atom. The molecule has 0 aliphatic rings. The van der Waals surface area contributed by atoms with Crippen LogP contribution in [0.15, 0.2) is 76.5 Å². The van der Waals surface area contributed by atoms with Crippen LogP contribution in [0.4, 0.5) is 10.1 Å². The van der Waals surface area contributed by atoms with E-state index in [9.17, 15) is 21.2 Å². The Balaban J connectivity index is 1.74.